The molecule has 5 nitrogen and oxygen atoms in total. The molecule has 0 aromatic heterocycles. The van der Waals surface area contributed by atoms with E-state index in [4.69, 9.17) is 9.47 Å². The quantitative estimate of drug-likeness (QED) is 0.748. The number of anilines is 2. The molecule has 1 aromatic rings. The number of amides is 1. The van der Waals surface area contributed by atoms with Crippen molar-refractivity contribution in [3.05, 3.63) is 24.3 Å². The summed E-state index contributed by atoms with van der Waals surface area (Å²) in [4.78, 5) is 13.2. The van der Waals surface area contributed by atoms with Crippen LogP contribution in [0.4, 0.5) is 11.4 Å². The second-order valence-corrected chi connectivity index (χ2v) is 4.75. The highest BCUT2D eigenvalue weighted by Gasteiger charge is 2.21. The third-order valence-corrected chi connectivity index (χ3v) is 3.06. The molecule has 0 aliphatic rings. The lowest BCUT2D eigenvalue weighted by molar-refractivity contribution is -0.114. The van der Waals surface area contributed by atoms with Crippen molar-refractivity contribution >= 4 is 17.3 Å². The van der Waals surface area contributed by atoms with Crippen LogP contribution in [-0.4, -0.2) is 31.6 Å². The van der Waals surface area contributed by atoms with Gasteiger partial charge in [0.25, 0.3) is 0 Å². The topological polar surface area (TPSA) is 50.8 Å². The van der Waals surface area contributed by atoms with Gasteiger partial charge in [-0.25, -0.2) is 0 Å². The lowest BCUT2D eigenvalue weighted by Gasteiger charge is -2.36. The molecule has 0 bridgehead atoms. The van der Waals surface area contributed by atoms with E-state index in [9.17, 15) is 4.79 Å². The van der Waals surface area contributed by atoms with Crippen molar-refractivity contribution < 1.29 is 14.3 Å². The summed E-state index contributed by atoms with van der Waals surface area (Å²) in [5.74, 6) is -0.0885. The summed E-state index contributed by atoms with van der Waals surface area (Å²) in [6.45, 7) is 10.7. The van der Waals surface area contributed by atoms with Crippen molar-refractivity contribution in [3.63, 3.8) is 0 Å². The number of carbonyl (C=O) groups is 1. The fraction of sp³-hybridized carbons (Fsp3) is 0.562. The van der Waals surface area contributed by atoms with Crippen molar-refractivity contribution in [1.29, 1.82) is 0 Å². The SMILES string of the molecule is CCOC(C)N(c1cccc(NC(C)=O)c1)C(C)OCC. The van der Waals surface area contributed by atoms with Gasteiger partial charge in [0.2, 0.25) is 5.91 Å². The van der Waals surface area contributed by atoms with Crippen LogP contribution in [-0.2, 0) is 14.3 Å². The normalized spacial score (nSPS) is 13.6. The molecule has 1 amide bonds. The molecular weight excluding hydrogens is 268 g/mol. The van der Waals surface area contributed by atoms with Crippen LogP contribution in [0.25, 0.3) is 0 Å². The van der Waals surface area contributed by atoms with Gasteiger partial charge in [-0.15, -0.1) is 0 Å². The Labute approximate surface area is 127 Å². The number of nitrogens with zero attached hydrogens (tertiary/aromatic N) is 1. The van der Waals surface area contributed by atoms with E-state index in [0.29, 0.717) is 13.2 Å². The molecule has 0 saturated carbocycles. The molecule has 118 valence electrons. The lowest BCUT2D eigenvalue weighted by Crippen LogP contribution is -2.43. The highest BCUT2D eigenvalue weighted by atomic mass is 16.5. The first kappa shape index (κ1) is 17.5. The molecule has 0 radical (unpaired) electrons. The van der Waals surface area contributed by atoms with Crippen molar-refractivity contribution in [2.24, 2.45) is 0 Å². The number of nitrogens with one attached hydrogen (secondary N) is 1. The highest BCUT2D eigenvalue weighted by Crippen LogP contribution is 2.24. The maximum Gasteiger partial charge on any atom is 0.221 e. The zero-order valence-electron chi connectivity index (χ0n) is 13.6. The fourth-order valence-corrected chi connectivity index (χ4v) is 2.31. The average molecular weight is 294 g/mol. The van der Waals surface area contributed by atoms with E-state index >= 15 is 0 Å². The van der Waals surface area contributed by atoms with Gasteiger partial charge in [-0.1, -0.05) is 6.07 Å². The summed E-state index contributed by atoms with van der Waals surface area (Å²) < 4.78 is 11.4. The summed E-state index contributed by atoms with van der Waals surface area (Å²) in [7, 11) is 0. The van der Waals surface area contributed by atoms with E-state index in [1.807, 2.05) is 52.0 Å². The van der Waals surface area contributed by atoms with Crippen LogP contribution in [0.3, 0.4) is 0 Å². The molecule has 0 aliphatic heterocycles. The van der Waals surface area contributed by atoms with Crippen LogP contribution in [0, 0.1) is 0 Å². The Morgan fingerprint density at radius 2 is 1.76 bits per heavy atom. The zero-order chi connectivity index (χ0) is 15.8. The van der Waals surface area contributed by atoms with Gasteiger partial charge < -0.3 is 19.7 Å². The van der Waals surface area contributed by atoms with Crippen LogP contribution in [0.2, 0.25) is 0 Å². The van der Waals surface area contributed by atoms with Crippen molar-refractivity contribution in [2.75, 3.05) is 23.4 Å². The molecule has 0 heterocycles. The van der Waals surface area contributed by atoms with Gasteiger partial charge in [0.1, 0.15) is 12.5 Å². The number of ether oxygens (including phenoxy) is 2. The summed E-state index contributed by atoms with van der Waals surface area (Å²) in [5, 5.41) is 2.79. The molecule has 2 unspecified atom stereocenters. The number of hydrogen-bond donors (Lipinski definition) is 1. The maximum absolute atomic E-state index is 11.2. The van der Waals surface area contributed by atoms with E-state index in [0.717, 1.165) is 11.4 Å². The lowest BCUT2D eigenvalue weighted by atomic mass is 10.2. The van der Waals surface area contributed by atoms with Gasteiger partial charge in [-0.3, -0.25) is 4.79 Å². The van der Waals surface area contributed by atoms with Crippen LogP contribution >= 0.6 is 0 Å². The standard InChI is InChI=1S/C16H26N2O3/c1-6-20-13(4)18(14(5)21-7-2)16-10-8-9-15(11-16)17-12(3)19/h8-11,13-14H,6-7H2,1-5H3,(H,17,19). The molecule has 0 fully saturated rings. The highest BCUT2D eigenvalue weighted by molar-refractivity contribution is 5.89. The summed E-state index contributed by atoms with van der Waals surface area (Å²) in [6, 6.07) is 7.67. The van der Waals surface area contributed by atoms with Crippen molar-refractivity contribution in [3.8, 4) is 0 Å². The third kappa shape index (κ3) is 5.36. The Morgan fingerprint density at radius 3 is 2.24 bits per heavy atom. The van der Waals surface area contributed by atoms with Gasteiger partial charge in [0, 0.05) is 31.5 Å². The van der Waals surface area contributed by atoms with Gasteiger partial charge in [0.05, 0.1) is 0 Å². The molecule has 1 rings (SSSR count). The van der Waals surface area contributed by atoms with E-state index in [1.165, 1.54) is 6.92 Å². The largest absolute Gasteiger partial charge is 0.359 e. The Balaban J connectivity index is 3.03. The Kier molecular flexibility index (Phi) is 7.19. The van der Waals surface area contributed by atoms with Gasteiger partial charge in [0.15, 0.2) is 0 Å². The predicted octanol–water partition coefficient (Wildman–Crippen LogP) is 3.22. The van der Waals surface area contributed by atoms with Crippen LogP contribution in [0.5, 0.6) is 0 Å². The van der Waals surface area contributed by atoms with Crippen molar-refractivity contribution in [2.45, 2.75) is 47.1 Å². The molecule has 0 aliphatic carbocycles. The average Bonchev–Trinajstić information content (AvgIpc) is 2.39. The molecule has 2 atom stereocenters. The van der Waals surface area contributed by atoms with Gasteiger partial charge in [-0.05, 0) is 45.9 Å². The fourth-order valence-electron chi connectivity index (χ4n) is 2.31. The zero-order valence-corrected chi connectivity index (χ0v) is 13.6. The Bertz CT molecular complexity index is 439. The molecule has 21 heavy (non-hydrogen) atoms. The molecular formula is C16H26N2O3. The Hall–Kier alpha value is -1.59. The van der Waals surface area contributed by atoms with Crippen molar-refractivity contribution in [1.82, 2.24) is 0 Å². The second-order valence-electron chi connectivity index (χ2n) is 4.75. The Morgan fingerprint density at radius 1 is 1.19 bits per heavy atom. The predicted molar refractivity (Wildman–Crippen MR) is 85.4 cm³/mol. The van der Waals surface area contributed by atoms with Gasteiger partial charge >= 0.3 is 0 Å². The molecule has 0 saturated heterocycles. The molecule has 5 heteroatoms. The van der Waals surface area contributed by atoms with Gasteiger partial charge in [-0.2, -0.15) is 0 Å². The first-order valence-electron chi connectivity index (χ1n) is 7.38. The van der Waals surface area contributed by atoms with Crippen LogP contribution < -0.4 is 10.2 Å². The monoisotopic (exact) mass is 294 g/mol. The third-order valence-electron chi connectivity index (χ3n) is 3.06. The second kappa shape index (κ2) is 8.64. The number of benzene rings is 1. The number of rotatable bonds is 8. The van der Waals surface area contributed by atoms with E-state index in [-0.39, 0.29) is 18.4 Å². The minimum Gasteiger partial charge on any atom is -0.359 e. The minimum absolute atomic E-state index is 0.0885. The summed E-state index contributed by atoms with van der Waals surface area (Å²) in [5.41, 5.74) is 1.71. The first-order valence-corrected chi connectivity index (χ1v) is 7.38. The summed E-state index contributed by atoms with van der Waals surface area (Å²) in [6.07, 6.45) is -0.242. The van der Waals surface area contributed by atoms with E-state index in [2.05, 4.69) is 10.2 Å². The molecule has 1 N–H and O–H groups in total. The number of carbonyl (C=O) groups excluding carboxylic acids is 1. The molecule has 1 aromatic carbocycles. The summed E-state index contributed by atoms with van der Waals surface area (Å²) >= 11 is 0. The first-order chi connectivity index (χ1) is 9.99. The van der Waals surface area contributed by atoms with Crippen LogP contribution in [0.15, 0.2) is 24.3 Å². The minimum atomic E-state index is -0.121. The van der Waals surface area contributed by atoms with E-state index < -0.39 is 0 Å². The number of hydrogen-bond acceptors (Lipinski definition) is 4. The van der Waals surface area contributed by atoms with Crippen LogP contribution in [0.1, 0.15) is 34.6 Å². The molecule has 0 spiro atoms. The van der Waals surface area contributed by atoms with E-state index in [1.54, 1.807) is 0 Å². The smallest absolute Gasteiger partial charge is 0.221 e. The maximum atomic E-state index is 11.2.